The van der Waals surface area contributed by atoms with E-state index in [1.165, 1.54) is 18.2 Å². The van der Waals surface area contributed by atoms with Crippen LogP contribution in [0.3, 0.4) is 0 Å². The highest BCUT2D eigenvalue weighted by molar-refractivity contribution is 5.92. The maximum absolute atomic E-state index is 13.0. The highest BCUT2D eigenvalue weighted by atomic mass is 19.1. The summed E-state index contributed by atoms with van der Waals surface area (Å²) in [6.45, 7) is 4.53. The van der Waals surface area contributed by atoms with Crippen molar-refractivity contribution in [2.45, 2.75) is 45.6 Å². The Balaban J connectivity index is 1.76. The number of hydrogen-bond donors (Lipinski definition) is 2. The molecule has 0 aliphatic heterocycles. The molecule has 1 aromatic carbocycles. The lowest BCUT2D eigenvalue weighted by atomic mass is 9.76. The number of rotatable bonds is 4. The van der Waals surface area contributed by atoms with E-state index in [4.69, 9.17) is 10.5 Å². The predicted octanol–water partition coefficient (Wildman–Crippen LogP) is 3.33. The molecule has 0 atom stereocenters. The zero-order valence-corrected chi connectivity index (χ0v) is 12.6. The van der Waals surface area contributed by atoms with Gasteiger partial charge in [-0.15, -0.1) is 0 Å². The summed E-state index contributed by atoms with van der Waals surface area (Å²) < 4.78 is 18.7. The van der Waals surface area contributed by atoms with Crippen LogP contribution in [0.1, 0.15) is 39.5 Å². The Hall–Kier alpha value is -1.62. The number of carbonyl (C=O) groups excluding carboxylic acids is 1. The molecular weight excluding hydrogens is 271 g/mol. The van der Waals surface area contributed by atoms with Crippen LogP contribution in [0.2, 0.25) is 0 Å². The minimum atomic E-state index is -0.492. The van der Waals surface area contributed by atoms with E-state index in [-0.39, 0.29) is 24.3 Å². The Morgan fingerprint density at radius 3 is 2.71 bits per heavy atom. The first-order valence-electron chi connectivity index (χ1n) is 7.32. The molecule has 21 heavy (non-hydrogen) atoms. The highest BCUT2D eigenvalue weighted by Gasteiger charge is 2.27. The molecule has 5 heteroatoms. The standard InChI is InChI=1S/C16H23FN2O2/c1-16(2)7-5-12(6-8-16)21-10-15(20)19-11-3-4-13(17)14(18)9-11/h3-4,9,12H,5-8,10,18H2,1-2H3,(H,19,20). The number of halogens is 1. The van der Waals surface area contributed by atoms with Gasteiger partial charge in [-0.2, -0.15) is 0 Å². The lowest BCUT2D eigenvalue weighted by Gasteiger charge is -2.34. The minimum Gasteiger partial charge on any atom is -0.396 e. The third kappa shape index (κ3) is 4.70. The second-order valence-corrected chi connectivity index (χ2v) is 6.46. The number of carbonyl (C=O) groups is 1. The van der Waals surface area contributed by atoms with Crippen LogP contribution in [0.25, 0.3) is 0 Å². The van der Waals surface area contributed by atoms with Crippen molar-refractivity contribution in [1.82, 2.24) is 0 Å². The number of anilines is 2. The number of hydrogen-bond acceptors (Lipinski definition) is 3. The van der Waals surface area contributed by atoms with Crippen LogP contribution < -0.4 is 11.1 Å². The minimum absolute atomic E-state index is 0.0162. The van der Waals surface area contributed by atoms with Gasteiger partial charge < -0.3 is 15.8 Å². The lowest BCUT2D eigenvalue weighted by molar-refractivity contribution is -0.123. The summed E-state index contributed by atoms with van der Waals surface area (Å²) in [4.78, 5) is 11.8. The summed E-state index contributed by atoms with van der Waals surface area (Å²) >= 11 is 0. The second-order valence-electron chi connectivity index (χ2n) is 6.46. The van der Waals surface area contributed by atoms with Crippen LogP contribution in [0.4, 0.5) is 15.8 Å². The topological polar surface area (TPSA) is 64.3 Å². The molecule has 0 aromatic heterocycles. The van der Waals surface area contributed by atoms with Gasteiger partial charge in [0.2, 0.25) is 5.91 Å². The molecule has 116 valence electrons. The number of nitrogens with one attached hydrogen (secondary N) is 1. The van der Waals surface area contributed by atoms with Crippen molar-refractivity contribution in [2.24, 2.45) is 5.41 Å². The smallest absolute Gasteiger partial charge is 0.250 e. The Labute approximate surface area is 124 Å². The average Bonchev–Trinajstić information content (AvgIpc) is 2.42. The van der Waals surface area contributed by atoms with E-state index in [0.29, 0.717) is 11.1 Å². The van der Waals surface area contributed by atoms with Crippen molar-refractivity contribution < 1.29 is 13.9 Å². The Morgan fingerprint density at radius 1 is 1.43 bits per heavy atom. The molecule has 1 aliphatic rings. The molecule has 0 heterocycles. The fraction of sp³-hybridized carbons (Fsp3) is 0.562. The van der Waals surface area contributed by atoms with Gasteiger partial charge in [0, 0.05) is 5.69 Å². The van der Waals surface area contributed by atoms with Crippen molar-refractivity contribution in [1.29, 1.82) is 0 Å². The van der Waals surface area contributed by atoms with E-state index in [2.05, 4.69) is 19.2 Å². The van der Waals surface area contributed by atoms with Gasteiger partial charge in [0.1, 0.15) is 12.4 Å². The molecule has 2 rings (SSSR count). The molecule has 4 nitrogen and oxygen atoms in total. The first-order chi connectivity index (χ1) is 9.85. The summed E-state index contributed by atoms with van der Waals surface area (Å²) in [6.07, 6.45) is 4.37. The predicted molar refractivity (Wildman–Crippen MR) is 81.4 cm³/mol. The van der Waals surface area contributed by atoms with Crippen LogP contribution in [0, 0.1) is 11.2 Å². The maximum atomic E-state index is 13.0. The number of nitrogens with two attached hydrogens (primary N) is 1. The highest BCUT2D eigenvalue weighted by Crippen LogP contribution is 2.36. The van der Waals surface area contributed by atoms with Crippen LogP contribution in [0.5, 0.6) is 0 Å². The van der Waals surface area contributed by atoms with Gasteiger partial charge in [0.25, 0.3) is 0 Å². The number of nitrogen functional groups attached to an aromatic ring is 1. The summed E-state index contributed by atoms with van der Waals surface area (Å²) in [7, 11) is 0. The normalized spacial score (nSPS) is 18.4. The van der Waals surface area contributed by atoms with Gasteiger partial charge in [-0.25, -0.2) is 4.39 Å². The van der Waals surface area contributed by atoms with Gasteiger partial charge in [0.05, 0.1) is 11.8 Å². The quantitative estimate of drug-likeness (QED) is 0.837. The molecule has 0 bridgehead atoms. The van der Waals surface area contributed by atoms with Gasteiger partial charge in [-0.3, -0.25) is 4.79 Å². The molecule has 0 saturated heterocycles. The zero-order valence-electron chi connectivity index (χ0n) is 12.6. The number of ether oxygens (including phenoxy) is 1. The lowest BCUT2D eigenvalue weighted by Crippen LogP contribution is -2.29. The molecule has 0 spiro atoms. The first-order valence-corrected chi connectivity index (χ1v) is 7.32. The molecule has 1 saturated carbocycles. The summed E-state index contributed by atoms with van der Waals surface area (Å²) in [6, 6.07) is 4.11. The van der Waals surface area contributed by atoms with Crippen LogP contribution >= 0.6 is 0 Å². The monoisotopic (exact) mass is 294 g/mol. The van der Waals surface area contributed by atoms with E-state index < -0.39 is 5.82 Å². The second kappa shape index (κ2) is 6.43. The first kappa shape index (κ1) is 15.8. The van der Waals surface area contributed by atoms with Crippen molar-refractivity contribution in [3.63, 3.8) is 0 Å². The summed E-state index contributed by atoms with van der Waals surface area (Å²) in [5.74, 6) is -0.736. The molecule has 0 unspecified atom stereocenters. The van der Waals surface area contributed by atoms with Gasteiger partial charge in [-0.1, -0.05) is 13.8 Å². The van der Waals surface area contributed by atoms with E-state index in [9.17, 15) is 9.18 Å². The molecular formula is C16H23FN2O2. The number of benzene rings is 1. The summed E-state index contributed by atoms with van der Waals surface area (Å²) in [5.41, 5.74) is 6.33. The third-order valence-corrected chi connectivity index (χ3v) is 4.02. The number of amides is 1. The molecule has 1 amide bonds. The maximum Gasteiger partial charge on any atom is 0.250 e. The van der Waals surface area contributed by atoms with Crippen LogP contribution in [0.15, 0.2) is 18.2 Å². The van der Waals surface area contributed by atoms with E-state index in [0.717, 1.165) is 25.7 Å². The molecule has 1 fully saturated rings. The fourth-order valence-corrected chi connectivity index (χ4v) is 2.55. The summed E-state index contributed by atoms with van der Waals surface area (Å²) in [5, 5.41) is 2.66. The Bertz CT molecular complexity index is 507. The molecule has 0 radical (unpaired) electrons. The van der Waals surface area contributed by atoms with E-state index >= 15 is 0 Å². The van der Waals surface area contributed by atoms with Crippen molar-refractivity contribution in [3.8, 4) is 0 Å². The van der Waals surface area contributed by atoms with Crippen molar-refractivity contribution in [3.05, 3.63) is 24.0 Å². The third-order valence-electron chi connectivity index (χ3n) is 4.02. The fourth-order valence-electron chi connectivity index (χ4n) is 2.55. The van der Waals surface area contributed by atoms with Crippen molar-refractivity contribution >= 4 is 17.3 Å². The van der Waals surface area contributed by atoms with Gasteiger partial charge in [0.15, 0.2) is 0 Å². The van der Waals surface area contributed by atoms with Crippen LogP contribution in [-0.4, -0.2) is 18.6 Å². The van der Waals surface area contributed by atoms with Gasteiger partial charge in [-0.05, 0) is 49.3 Å². The Morgan fingerprint density at radius 2 is 2.10 bits per heavy atom. The molecule has 1 aliphatic carbocycles. The van der Waals surface area contributed by atoms with Crippen LogP contribution in [-0.2, 0) is 9.53 Å². The SMILES string of the molecule is CC1(C)CCC(OCC(=O)Nc2ccc(F)c(N)c2)CC1. The van der Waals surface area contributed by atoms with Crippen molar-refractivity contribution in [2.75, 3.05) is 17.7 Å². The van der Waals surface area contributed by atoms with E-state index in [1.807, 2.05) is 0 Å². The average molecular weight is 294 g/mol. The largest absolute Gasteiger partial charge is 0.396 e. The zero-order chi connectivity index (χ0) is 15.5. The van der Waals surface area contributed by atoms with E-state index in [1.54, 1.807) is 0 Å². The molecule has 3 N–H and O–H groups in total. The molecule has 1 aromatic rings. The Kier molecular flexibility index (Phi) is 4.83. The van der Waals surface area contributed by atoms with Gasteiger partial charge >= 0.3 is 0 Å².